The maximum atomic E-state index is 5.96. The molecule has 0 aromatic carbocycles. The SMILES string of the molecule is COc1ccc2nccc(N3CCC(N)C3)c2n1. The van der Waals surface area contributed by atoms with E-state index >= 15 is 0 Å². The van der Waals surface area contributed by atoms with E-state index in [4.69, 9.17) is 10.5 Å². The number of methoxy groups -OCH3 is 1. The minimum Gasteiger partial charge on any atom is -0.481 e. The Morgan fingerprint density at radius 3 is 3.00 bits per heavy atom. The third-order valence-corrected chi connectivity index (χ3v) is 3.31. The Morgan fingerprint density at radius 2 is 2.28 bits per heavy atom. The van der Waals surface area contributed by atoms with Gasteiger partial charge in [-0.05, 0) is 18.6 Å². The minimum absolute atomic E-state index is 0.249. The van der Waals surface area contributed by atoms with Crippen molar-refractivity contribution in [3.63, 3.8) is 0 Å². The summed E-state index contributed by atoms with van der Waals surface area (Å²) >= 11 is 0. The molecule has 1 saturated heterocycles. The molecule has 1 aliphatic rings. The van der Waals surface area contributed by atoms with Gasteiger partial charge in [-0.15, -0.1) is 0 Å². The average Bonchev–Trinajstić information content (AvgIpc) is 2.84. The minimum atomic E-state index is 0.249. The summed E-state index contributed by atoms with van der Waals surface area (Å²) in [5, 5.41) is 0. The fourth-order valence-electron chi connectivity index (χ4n) is 2.37. The maximum absolute atomic E-state index is 5.96. The summed E-state index contributed by atoms with van der Waals surface area (Å²) < 4.78 is 5.18. The van der Waals surface area contributed by atoms with Gasteiger partial charge in [-0.25, -0.2) is 4.98 Å². The van der Waals surface area contributed by atoms with Crippen molar-refractivity contribution in [3.05, 3.63) is 24.4 Å². The van der Waals surface area contributed by atoms with E-state index in [2.05, 4.69) is 14.9 Å². The topological polar surface area (TPSA) is 64.3 Å². The van der Waals surface area contributed by atoms with Crippen LogP contribution in [0.25, 0.3) is 11.0 Å². The van der Waals surface area contributed by atoms with Crippen molar-refractivity contribution in [1.82, 2.24) is 9.97 Å². The third kappa shape index (κ3) is 1.86. The fourth-order valence-corrected chi connectivity index (χ4v) is 2.37. The second-order valence-electron chi connectivity index (χ2n) is 4.55. The summed E-state index contributed by atoms with van der Waals surface area (Å²) in [6, 6.07) is 6.00. The van der Waals surface area contributed by atoms with Crippen molar-refractivity contribution in [2.75, 3.05) is 25.1 Å². The van der Waals surface area contributed by atoms with E-state index in [0.717, 1.165) is 36.2 Å². The lowest BCUT2D eigenvalue weighted by molar-refractivity contribution is 0.399. The molecule has 5 nitrogen and oxygen atoms in total. The van der Waals surface area contributed by atoms with Crippen LogP contribution in [0.4, 0.5) is 5.69 Å². The molecule has 1 aliphatic heterocycles. The van der Waals surface area contributed by atoms with E-state index < -0.39 is 0 Å². The second-order valence-corrected chi connectivity index (χ2v) is 4.55. The molecule has 0 amide bonds. The lowest BCUT2D eigenvalue weighted by Gasteiger charge is -2.19. The Kier molecular flexibility index (Phi) is 2.76. The highest BCUT2D eigenvalue weighted by Gasteiger charge is 2.21. The number of hydrogen-bond acceptors (Lipinski definition) is 5. The number of aromatic nitrogens is 2. The number of anilines is 1. The molecule has 1 fully saturated rings. The van der Waals surface area contributed by atoms with Crippen LogP contribution in [0.1, 0.15) is 6.42 Å². The first-order valence-electron chi connectivity index (χ1n) is 6.08. The molecule has 0 saturated carbocycles. The normalized spacial score (nSPS) is 19.4. The van der Waals surface area contributed by atoms with Gasteiger partial charge >= 0.3 is 0 Å². The molecular formula is C13H16N4O. The number of rotatable bonds is 2. The predicted molar refractivity (Wildman–Crippen MR) is 70.9 cm³/mol. The highest BCUT2D eigenvalue weighted by atomic mass is 16.5. The van der Waals surface area contributed by atoms with Gasteiger partial charge in [-0.3, -0.25) is 4.98 Å². The quantitative estimate of drug-likeness (QED) is 0.859. The highest BCUT2D eigenvalue weighted by molar-refractivity contribution is 5.88. The summed E-state index contributed by atoms with van der Waals surface area (Å²) in [6.07, 6.45) is 2.84. The molecule has 18 heavy (non-hydrogen) atoms. The summed E-state index contributed by atoms with van der Waals surface area (Å²) in [4.78, 5) is 11.1. The first kappa shape index (κ1) is 11.2. The third-order valence-electron chi connectivity index (χ3n) is 3.31. The molecule has 1 atom stereocenters. The van der Waals surface area contributed by atoms with Gasteiger partial charge in [0.15, 0.2) is 0 Å². The molecule has 2 aromatic rings. The number of pyridine rings is 2. The fraction of sp³-hybridized carbons (Fsp3) is 0.385. The number of nitrogens with zero attached hydrogens (tertiary/aromatic N) is 3. The molecule has 0 bridgehead atoms. The predicted octanol–water partition coefficient (Wildman–Crippen LogP) is 1.18. The summed E-state index contributed by atoms with van der Waals surface area (Å²) in [6.45, 7) is 1.84. The van der Waals surface area contributed by atoms with Crippen molar-refractivity contribution in [3.8, 4) is 5.88 Å². The smallest absolute Gasteiger partial charge is 0.213 e. The Bertz CT molecular complexity index is 572. The van der Waals surface area contributed by atoms with Gasteiger partial charge in [0, 0.05) is 31.4 Å². The molecule has 0 aliphatic carbocycles. The van der Waals surface area contributed by atoms with Gasteiger partial charge in [0.05, 0.1) is 18.3 Å². The van der Waals surface area contributed by atoms with Crippen LogP contribution in [0.5, 0.6) is 5.88 Å². The zero-order chi connectivity index (χ0) is 12.5. The number of hydrogen-bond donors (Lipinski definition) is 1. The van der Waals surface area contributed by atoms with Crippen LogP contribution in [-0.4, -0.2) is 36.2 Å². The lowest BCUT2D eigenvalue weighted by Crippen LogP contribution is -2.26. The standard InChI is InChI=1S/C13H16N4O/c1-18-12-3-2-10-13(16-12)11(4-6-15-10)17-7-5-9(14)8-17/h2-4,6,9H,5,7-8,14H2,1H3. The monoisotopic (exact) mass is 244 g/mol. The van der Waals surface area contributed by atoms with Crippen molar-refractivity contribution in [2.45, 2.75) is 12.5 Å². The second kappa shape index (κ2) is 4.42. The Balaban J connectivity index is 2.10. The summed E-state index contributed by atoms with van der Waals surface area (Å²) in [5.41, 5.74) is 8.81. The average molecular weight is 244 g/mol. The van der Waals surface area contributed by atoms with Crippen molar-refractivity contribution >= 4 is 16.7 Å². The van der Waals surface area contributed by atoms with Gasteiger partial charge < -0.3 is 15.4 Å². The molecule has 94 valence electrons. The van der Waals surface area contributed by atoms with Crippen molar-refractivity contribution < 1.29 is 4.74 Å². The zero-order valence-corrected chi connectivity index (χ0v) is 10.3. The largest absolute Gasteiger partial charge is 0.481 e. The first-order valence-corrected chi connectivity index (χ1v) is 6.08. The molecule has 0 radical (unpaired) electrons. The molecule has 3 heterocycles. The van der Waals surface area contributed by atoms with Crippen LogP contribution in [0.15, 0.2) is 24.4 Å². The van der Waals surface area contributed by atoms with Crippen LogP contribution in [-0.2, 0) is 0 Å². The van der Waals surface area contributed by atoms with Gasteiger partial charge in [-0.2, -0.15) is 0 Å². The van der Waals surface area contributed by atoms with Gasteiger partial charge in [0.25, 0.3) is 0 Å². The molecule has 0 spiro atoms. The van der Waals surface area contributed by atoms with E-state index in [1.54, 1.807) is 7.11 Å². The number of ether oxygens (including phenoxy) is 1. The van der Waals surface area contributed by atoms with Crippen molar-refractivity contribution in [1.29, 1.82) is 0 Å². The van der Waals surface area contributed by atoms with E-state index in [0.29, 0.717) is 5.88 Å². The Labute approximate surface area is 106 Å². The van der Waals surface area contributed by atoms with Gasteiger partial charge in [0.1, 0.15) is 5.52 Å². The van der Waals surface area contributed by atoms with Crippen LogP contribution >= 0.6 is 0 Å². The summed E-state index contributed by atoms with van der Waals surface area (Å²) in [7, 11) is 1.62. The molecule has 3 rings (SSSR count). The zero-order valence-electron chi connectivity index (χ0n) is 10.3. The maximum Gasteiger partial charge on any atom is 0.213 e. The van der Waals surface area contributed by atoms with E-state index in [1.807, 2.05) is 24.4 Å². The molecule has 1 unspecified atom stereocenters. The van der Waals surface area contributed by atoms with Crippen molar-refractivity contribution in [2.24, 2.45) is 5.73 Å². The number of fused-ring (bicyclic) bond motifs is 1. The van der Waals surface area contributed by atoms with Crippen LogP contribution in [0, 0.1) is 0 Å². The summed E-state index contributed by atoms with van der Waals surface area (Å²) in [5.74, 6) is 0.611. The number of nitrogens with two attached hydrogens (primary N) is 1. The van der Waals surface area contributed by atoms with Crippen LogP contribution in [0.2, 0.25) is 0 Å². The molecule has 2 aromatic heterocycles. The molecular weight excluding hydrogens is 228 g/mol. The first-order chi connectivity index (χ1) is 8.78. The lowest BCUT2D eigenvalue weighted by atomic mass is 10.2. The Morgan fingerprint density at radius 1 is 1.39 bits per heavy atom. The Hall–Kier alpha value is -1.88. The van der Waals surface area contributed by atoms with E-state index in [1.165, 1.54) is 0 Å². The molecule has 2 N–H and O–H groups in total. The van der Waals surface area contributed by atoms with Crippen LogP contribution in [0.3, 0.4) is 0 Å². The van der Waals surface area contributed by atoms with E-state index in [9.17, 15) is 0 Å². The van der Waals surface area contributed by atoms with Crippen LogP contribution < -0.4 is 15.4 Å². The molecule has 5 heteroatoms. The highest BCUT2D eigenvalue weighted by Crippen LogP contribution is 2.27. The van der Waals surface area contributed by atoms with E-state index in [-0.39, 0.29) is 6.04 Å². The van der Waals surface area contributed by atoms with Gasteiger partial charge in [-0.1, -0.05) is 0 Å². The van der Waals surface area contributed by atoms with Gasteiger partial charge in [0.2, 0.25) is 5.88 Å².